The third-order valence-corrected chi connectivity index (χ3v) is 4.15. The van der Waals surface area contributed by atoms with Crippen LogP contribution in [0.5, 0.6) is 0 Å². The molecule has 0 amide bonds. The minimum absolute atomic E-state index is 0.594. The molecule has 1 rings (SSSR count). The Balaban J connectivity index is 2.38. The van der Waals surface area contributed by atoms with Crippen LogP contribution in [-0.4, -0.2) is 19.1 Å². The minimum atomic E-state index is 0.594. The van der Waals surface area contributed by atoms with E-state index in [0.717, 1.165) is 31.1 Å². The van der Waals surface area contributed by atoms with Gasteiger partial charge in [-0.1, -0.05) is 51.3 Å². The summed E-state index contributed by atoms with van der Waals surface area (Å²) in [6, 6.07) is 0.594. The zero-order chi connectivity index (χ0) is 14.8. The monoisotopic (exact) mass is 278 g/mol. The highest BCUT2D eigenvalue weighted by atomic mass is 14.9. The van der Waals surface area contributed by atoms with E-state index in [1.165, 1.54) is 38.5 Å². The fourth-order valence-electron chi connectivity index (χ4n) is 3.11. The molecule has 0 aromatic heterocycles. The first-order valence-corrected chi connectivity index (χ1v) is 8.48. The summed E-state index contributed by atoms with van der Waals surface area (Å²) >= 11 is 0. The van der Waals surface area contributed by atoms with E-state index in [-0.39, 0.29) is 0 Å². The van der Waals surface area contributed by atoms with Crippen LogP contribution in [0.1, 0.15) is 65.7 Å². The van der Waals surface area contributed by atoms with Gasteiger partial charge in [0.25, 0.3) is 0 Å². The van der Waals surface area contributed by atoms with Crippen LogP contribution < -0.4 is 10.6 Å². The van der Waals surface area contributed by atoms with E-state index in [1.54, 1.807) is 5.57 Å². The number of nitrogens with one attached hydrogen (secondary N) is 2. The molecule has 0 heterocycles. The maximum absolute atomic E-state index is 4.00. The van der Waals surface area contributed by atoms with Crippen molar-refractivity contribution in [1.82, 2.24) is 10.6 Å². The van der Waals surface area contributed by atoms with Crippen LogP contribution in [0.2, 0.25) is 0 Å². The molecular weight excluding hydrogens is 244 g/mol. The summed E-state index contributed by atoms with van der Waals surface area (Å²) in [5.41, 5.74) is 2.71. The molecule has 0 aromatic carbocycles. The summed E-state index contributed by atoms with van der Waals surface area (Å²) in [5.74, 6) is 0.772. The number of hydrogen-bond acceptors (Lipinski definition) is 2. The summed E-state index contributed by atoms with van der Waals surface area (Å²) in [5, 5.41) is 7.16. The van der Waals surface area contributed by atoms with Gasteiger partial charge in [-0.3, -0.25) is 0 Å². The van der Waals surface area contributed by atoms with Gasteiger partial charge in [0, 0.05) is 18.3 Å². The third-order valence-electron chi connectivity index (χ3n) is 4.15. The fraction of sp³-hybridized carbons (Fsp3) is 0.778. The molecule has 116 valence electrons. The van der Waals surface area contributed by atoms with Crippen LogP contribution >= 0.6 is 0 Å². The largest absolute Gasteiger partial charge is 0.386 e. The molecule has 1 aliphatic carbocycles. The summed E-state index contributed by atoms with van der Waals surface area (Å²) in [4.78, 5) is 0. The summed E-state index contributed by atoms with van der Waals surface area (Å²) < 4.78 is 0. The van der Waals surface area contributed by atoms with Gasteiger partial charge in [0.1, 0.15) is 0 Å². The van der Waals surface area contributed by atoms with Crippen molar-refractivity contribution in [3.05, 3.63) is 23.9 Å². The number of hydrogen-bond donors (Lipinski definition) is 2. The summed E-state index contributed by atoms with van der Waals surface area (Å²) in [6.45, 7) is 12.9. The molecular formula is C18H34N2. The fourth-order valence-corrected chi connectivity index (χ4v) is 3.11. The van der Waals surface area contributed by atoms with E-state index >= 15 is 0 Å². The van der Waals surface area contributed by atoms with Gasteiger partial charge >= 0.3 is 0 Å². The van der Waals surface area contributed by atoms with Gasteiger partial charge in [-0.25, -0.2) is 0 Å². The van der Waals surface area contributed by atoms with E-state index in [4.69, 9.17) is 0 Å². The zero-order valence-electron chi connectivity index (χ0n) is 13.8. The van der Waals surface area contributed by atoms with Crippen molar-refractivity contribution >= 4 is 0 Å². The molecule has 0 radical (unpaired) electrons. The third kappa shape index (κ3) is 6.60. The second kappa shape index (κ2) is 10.0. The second-order valence-electron chi connectivity index (χ2n) is 6.27. The van der Waals surface area contributed by atoms with E-state index in [2.05, 4.69) is 44.1 Å². The summed E-state index contributed by atoms with van der Waals surface area (Å²) in [7, 11) is 0. The van der Waals surface area contributed by atoms with Crippen molar-refractivity contribution in [3.63, 3.8) is 0 Å². The van der Waals surface area contributed by atoms with Crippen LogP contribution in [0.15, 0.2) is 23.9 Å². The molecule has 0 fully saturated rings. The first kappa shape index (κ1) is 17.3. The van der Waals surface area contributed by atoms with Gasteiger partial charge < -0.3 is 10.6 Å². The smallest absolute Gasteiger partial charge is 0.0323 e. The molecule has 0 aliphatic heterocycles. The van der Waals surface area contributed by atoms with Gasteiger partial charge in [0.15, 0.2) is 0 Å². The average Bonchev–Trinajstić information content (AvgIpc) is 2.41. The number of rotatable bonds is 10. The minimum Gasteiger partial charge on any atom is -0.386 e. The van der Waals surface area contributed by atoms with Gasteiger partial charge in [0.2, 0.25) is 0 Å². The molecule has 20 heavy (non-hydrogen) atoms. The Morgan fingerprint density at radius 3 is 2.75 bits per heavy atom. The molecule has 0 bridgehead atoms. The highest BCUT2D eigenvalue weighted by Gasteiger charge is 2.24. The van der Waals surface area contributed by atoms with Crippen LogP contribution in [0.4, 0.5) is 0 Å². The van der Waals surface area contributed by atoms with Crippen LogP contribution in [0.3, 0.4) is 0 Å². The maximum atomic E-state index is 4.00. The SMILES string of the molecule is C=C(C)N[C@@H]1CC=C(CNCCCCC)C[C@@H]1CCC. The average molecular weight is 278 g/mol. The van der Waals surface area contributed by atoms with Gasteiger partial charge in [-0.05, 0) is 45.1 Å². The normalized spacial score (nSPS) is 22.4. The first-order chi connectivity index (χ1) is 9.67. The molecule has 0 saturated heterocycles. The predicted octanol–water partition coefficient (Wildman–Crippen LogP) is 4.39. The van der Waals surface area contributed by atoms with Crippen LogP contribution in [0.25, 0.3) is 0 Å². The van der Waals surface area contributed by atoms with Gasteiger partial charge in [-0.2, -0.15) is 0 Å². The highest BCUT2D eigenvalue weighted by Crippen LogP contribution is 2.28. The highest BCUT2D eigenvalue weighted by molar-refractivity contribution is 5.13. The molecule has 0 spiro atoms. The lowest BCUT2D eigenvalue weighted by molar-refractivity contribution is 0.331. The zero-order valence-corrected chi connectivity index (χ0v) is 13.8. The van der Waals surface area contributed by atoms with Crippen molar-refractivity contribution < 1.29 is 0 Å². The first-order valence-electron chi connectivity index (χ1n) is 8.48. The van der Waals surface area contributed by atoms with E-state index in [1.807, 2.05) is 0 Å². The van der Waals surface area contributed by atoms with Gasteiger partial charge in [-0.15, -0.1) is 0 Å². The van der Waals surface area contributed by atoms with Gasteiger partial charge in [0.05, 0.1) is 0 Å². The van der Waals surface area contributed by atoms with Crippen molar-refractivity contribution in [2.24, 2.45) is 5.92 Å². The lowest BCUT2D eigenvalue weighted by Crippen LogP contribution is -2.37. The Hall–Kier alpha value is -0.760. The van der Waals surface area contributed by atoms with E-state index in [0.29, 0.717) is 6.04 Å². The molecule has 1 aliphatic rings. The molecule has 0 unspecified atom stereocenters. The summed E-state index contributed by atoms with van der Waals surface area (Å²) in [6.07, 6.45) is 11.4. The molecule has 0 saturated carbocycles. The molecule has 2 heteroatoms. The van der Waals surface area contributed by atoms with Crippen molar-refractivity contribution in [2.45, 2.75) is 71.8 Å². The van der Waals surface area contributed by atoms with Crippen molar-refractivity contribution in [3.8, 4) is 0 Å². The second-order valence-corrected chi connectivity index (χ2v) is 6.27. The Morgan fingerprint density at radius 1 is 1.30 bits per heavy atom. The van der Waals surface area contributed by atoms with E-state index in [9.17, 15) is 0 Å². The predicted molar refractivity (Wildman–Crippen MR) is 89.8 cm³/mol. The standard InChI is InChI=1S/C18H34N2/c1-5-7-8-12-19-14-16-10-11-18(20-15(3)4)17(13-16)9-6-2/h10,17-20H,3,5-9,11-14H2,1-2,4H3/t17-,18+/m0/s1. The quantitative estimate of drug-likeness (QED) is 0.457. The molecule has 2 atom stereocenters. The topological polar surface area (TPSA) is 24.1 Å². The lowest BCUT2D eigenvalue weighted by atomic mass is 9.81. The molecule has 0 aromatic rings. The maximum Gasteiger partial charge on any atom is 0.0323 e. The van der Waals surface area contributed by atoms with Crippen LogP contribution in [-0.2, 0) is 0 Å². The number of allylic oxidation sites excluding steroid dienone is 1. The van der Waals surface area contributed by atoms with Crippen LogP contribution in [0, 0.1) is 5.92 Å². The molecule has 2 N–H and O–H groups in total. The number of unbranched alkanes of at least 4 members (excludes halogenated alkanes) is 2. The Bertz CT molecular complexity index is 307. The molecule has 2 nitrogen and oxygen atoms in total. The van der Waals surface area contributed by atoms with Crippen molar-refractivity contribution in [1.29, 1.82) is 0 Å². The lowest BCUT2D eigenvalue weighted by Gasteiger charge is -2.33. The Morgan fingerprint density at radius 2 is 2.10 bits per heavy atom. The van der Waals surface area contributed by atoms with Crippen molar-refractivity contribution in [2.75, 3.05) is 13.1 Å². The Labute approximate surface area is 126 Å². The Kier molecular flexibility index (Phi) is 8.68. The van der Waals surface area contributed by atoms with E-state index < -0.39 is 0 Å².